The molecule has 13 nitrogen and oxygen atoms in total. The quantitative estimate of drug-likeness (QED) is 0.211. The Kier molecular flexibility index (Phi) is 12.3. The van der Waals surface area contributed by atoms with Crippen LogP contribution in [-0.4, -0.2) is 74.1 Å². The summed E-state index contributed by atoms with van der Waals surface area (Å²) in [5.41, 5.74) is 2.41. The van der Waals surface area contributed by atoms with Crippen LogP contribution in [0.4, 0.5) is 33.9 Å². The van der Waals surface area contributed by atoms with Crippen molar-refractivity contribution in [3.05, 3.63) is 70.8 Å². The SMILES string of the molecule is CCCOC(=O)N(Cc1c(F)cccc1F)c1sc(-c2ccc(NC(=O)N(OC)C(=O)NOC)cc2)c(CN(C)C)c1C(=O)O. The van der Waals surface area contributed by atoms with Gasteiger partial charge in [0.2, 0.25) is 0 Å². The molecule has 0 spiro atoms. The number of anilines is 2. The van der Waals surface area contributed by atoms with Gasteiger partial charge in [-0.05, 0) is 50.3 Å². The molecular weight excluding hydrogens is 616 g/mol. The number of hydroxylamine groups is 3. The Hall–Kier alpha value is -4.64. The minimum atomic E-state index is -1.36. The average molecular weight is 650 g/mol. The molecule has 3 rings (SSSR count). The summed E-state index contributed by atoms with van der Waals surface area (Å²) in [5, 5.41) is 13.2. The van der Waals surface area contributed by atoms with Gasteiger partial charge in [-0.15, -0.1) is 16.4 Å². The van der Waals surface area contributed by atoms with Crippen molar-refractivity contribution in [2.75, 3.05) is 45.1 Å². The molecule has 0 aliphatic heterocycles. The van der Waals surface area contributed by atoms with Gasteiger partial charge in [0.25, 0.3) is 0 Å². The maximum Gasteiger partial charge on any atom is 0.415 e. The van der Waals surface area contributed by atoms with Gasteiger partial charge in [0.1, 0.15) is 16.6 Å². The summed E-state index contributed by atoms with van der Waals surface area (Å²) in [4.78, 5) is 62.9. The second-order valence-corrected chi connectivity index (χ2v) is 10.6. The predicted molar refractivity (Wildman–Crippen MR) is 162 cm³/mol. The number of nitrogens with one attached hydrogen (secondary N) is 2. The lowest BCUT2D eigenvalue weighted by molar-refractivity contribution is -0.0562. The van der Waals surface area contributed by atoms with Gasteiger partial charge in [0.15, 0.2) is 0 Å². The molecule has 0 fully saturated rings. The van der Waals surface area contributed by atoms with Crippen LogP contribution in [0.3, 0.4) is 0 Å². The van der Waals surface area contributed by atoms with Gasteiger partial charge in [-0.25, -0.2) is 33.4 Å². The van der Waals surface area contributed by atoms with E-state index in [2.05, 4.69) is 10.2 Å². The number of amides is 5. The fourth-order valence-corrected chi connectivity index (χ4v) is 5.46. The number of rotatable bonds is 12. The molecule has 2 aromatic carbocycles. The summed E-state index contributed by atoms with van der Waals surface area (Å²) in [7, 11) is 5.76. The summed E-state index contributed by atoms with van der Waals surface area (Å²) in [5.74, 6) is -3.17. The van der Waals surface area contributed by atoms with Crippen molar-refractivity contribution in [1.82, 2.24) is 15.4 Å². The van der Waals surface area contributed by atoms with Crippen LogP contribution in [0.5, 0.6) is 0 Å². The van der Waals surface area contributed by atoms with Gasteiger partial charge in [-0.2, -0.15) is 0 Å². The van der Waals surface area contributed by atoms with E-state index >= 15 is 0 Å². The van der Waals surface area contributed by atoms with Gasteiger partial charge in [0, 0.05) is 28.2 Å². The second-order valence-electron chi connectivity index (χ2n) is 9.63. The Labute approximate surface area is 261 Å². The van der Waals surface area contributed by atoms with E-state index in [1.165, 1.54) is 25.3 Å². The van der Waals surface area contributed by atoms with Crippen LogP contribution in [0.25, 0.3) is 10.4 Å². The largest absolute Gasteiger partial charge is 0.478 e. The van der Waals surface area contributed by atoms with E-state index in [0.29, 0.717) is 27.5 Å². The lowest BCUT2D eigenvalue weighted by Gasteiger charge is -2.22. The number of aromatic carboxylic acids is 1. The van der Waals surface area contributed by atoms with Crippen molar-refractivity contribution in [2.24, 2.45) is 0 Å². The van der Waals surface area contributed by atoms with Crippen LogP contribution in [0.15, 0.2) is 42.5 Å². The smallest absolute Gasteiger partial charge is 0.415 e. The Morgan fingerprint density at radius 3 is 2.11 bits per heavy atom. The fraction of sp³-hybridized carbons (Fsp3) is 0.310. The predicted octanol–water partition coefficient (Wildman–Crippen LogP) is 5.67. The van der Waals surface area contributed by atoms with Crippen molar-refractivity contribution in [2.45, 2.75) is 26.4 Å². The Bertz CT molecular complexity index is 1510. The van der Waals surface area contributed by atoms with Crippen LogP contribution >= 0.6 is 11.3 Å². The minimum Gasteiger partial charge on any atom is -0.478 e. The number of carbonyl (C=O) groups is 4. The maximum absolute atomic E-state index is 14.7. The summed E-state index contributed by atoms with van der Waals surface area (Å²) >= 11 is 0.938. The number of carbonyl (C=O) groups excluding carboxylic acids is 3. The molecule has 0 bridgehead atoms. The molecule has 0 saturated carbocycles. The van der Waals surface area contributed by atoms with Crippen molar-refractivity contribution in [3.8, 4) is 10.4 Å². The molecule has 3 N–H and O–H groups in total. The van der Waals surface area contributed by atoms with Gasteiger partial charge in [-0.1, -0.05) is 25.1 Å². The lowest BCUT2D eigenvalue weighted by Crippen LogP contribution is -2.44. The number of imide groups is 1. The van der Waals surface area contributed by atoms with E-state index in [0.717, 1.165) is 35.5 Å². The first-order chi connectivity index (χ1) is 21.4. The van der Waals surface area contributed by atoms with Crippen LogP contribution in [0, 0.1) is 11.6 Å². The van der Waals surface area contributed by atoms with Crippen molar-refractivity contribution < 1.29 is 47.5 Å². The highest BCUT2D eigenvalue weighted by Gasteiger charge is 2.32. The molecule has 5 amide bonds. The van der Waals surface area contributed by atoms with E-state index < -0.39 is 47.9 Å². The molecule has 0 aliphatic carbocycles. The number of thiophene rings is 1. The summed E-state index contributed by atoms with van der Waals surface area (Å²) in [6.07, 6.45) is -0.507. The molecule has 0 aliphatic rings. The van der Waals surface area contributed by atoms with E-state index in [9.17, 15) is 33.1 Å². The monoisotopic (exact) mass is 649 g/mol. The zero-order valence-electron chi connectivity index (χ0n) is 25.2. The molecule has 0 atom stereocenters. The van der Waals surface area contributed by atoms with Gasteiger partial charge < -0.3 is 20.1 Å². The van der Waals surface area contributed by atoms with Crippen LogP contribution in [-0.2, 0) is 27.5 Å². The molecular formula is C29H33F2N5O8S. The number of ether oxygens (including phenoxy) is 1. The molecule has 0 saturated heterocycles. The Morgan fingerprint density at radius 1 is 0.933 bits per heavy atom. The maximum atomic E-state index is 14.7. The van der Waals surface area contributed by atoms with Gasteiger partial charge in [-0.3, -0.25) is 14.6 Å². The lowest BCUT2D eigenvalue weighted by atomic mass is 10.0. The highest BCUT2D eigenvalue weighted by atomic mass is 32.1. The second kappa shape index (κ2) is 15.9. The first-order valence-electron chi connectivity index (χ1n) is 13.4. The highest BCUT2D eigenvalue weighted by Crippen LogP contribution is 2.44. The van der Waals surface area contributed by atoms with Gasteiger partial charge >= 0.3 is 24.1 Å². The molecule has 242 valence electrons. The third-order valence-corrected chi connectivity index (χ3v) is 7.39. The number of hydrogen-bond acceptors (Lipinski definition) is 9. The summed E-state index contributed by atoms with van der Waals surface area (Å²) < 4.78 is 34.7. The number of carboxylic acid groups (broad SMARTS) is 1. The molecule has 0 unspecified atom stereocenters. The molecule has 3 aromatic rings. The van der Waals surface area contributed by atoms with Crippen molar-refractivity contribution in [1.29, 1.82) is 0 Å². The molecule has 0 radical (unpaired) electrons. The summed E-state index contributed by atoms with van der Waals surface area (Å²) in [6, 6.07) is 7.57. The number of benzene rings is 2. The van der Waals surface area contributed by atoms with Crippen LogP contribution in [0.1, 0.15) is 34.8 Å². The number of halogens is 2. The van der Waals surface area contributed by atoms with Crippen LogP contribution in [0.2, 0.25) is 0 Å². The number of urea groups is 2. The zero-order chi connectivity index (χ0) is 33.3. The minimum absolute atomic E-state index is 0.00108. The zero-order valence-corrected chi connectivity index (χ0v) is 26.0. The van der Waals surface area contributed by atoms with Gasteiger partial charge in [0.05, 0.1) is 32.9 Å². The third-order valence-electron chi connectivity index (χ3n) is 6.09. The summed E-state index contributed by atoms with van der Waals surface area (Å²) in [6.45, 7) is 1.28. The molecule has 45 heavy (non-hydrogen) atoms. The van der Waals surface area contributed by atoms with E-state index in [-0.39, 0.29) is 29.4 Å². The standard InChI is InChI=1S/C29H33F2N5O8S/c1-6-14-44-29(41)35(16-19-21(30)8-7-9-22(19)31)25-23(26(37)38)20(15-34(2)3)24(45-25)17-10-12-18(13-11-17)32-27(39)36(43-5)28(40)33-42-4/h7-13H,6,14-16H2,1-5H3,(H,32,39)(H,33,40)(H,37,38). The first kappa shape index (κ1) is 34.8. The number of nitrogens with zero attached hydrogens (tertiary/aromatic N) is 3. The topological polar surface area (TPSA) is 150 Å². The molecule has 1 aromatic heterocycles. The van der Waals surface area contributed by atoms with Crippen molar-refractivity contribution in [3.63, 3.8) is 0 Å². The number of carboxylic acids is 1. The highest BCUT2D eigenvalue weighted by molar-refractivity contribution is 7.20. The first-order valence-corrected chi connectivity index (χ1v) is 14.2. The molecule has 1 heterocycles. The fourth-order valence-electron chi connectivity index (χ4n) is 4.16. The normalized spacial score (nSPS) is 10.8. The van der Waals surface area contributed by atoms with E-state index in [1.54, 1.807) is 38.1 Å². The third kappa shape index (κ3) is 8.51. The van der Waals surface area contributed by atoms with Crippen molar-refractivity contribution >= 4 is 46.2 Å². The Balaban J connectivity index is 2.11. The Morgan fingerprint density at radius 2 is 1.58 bits per heavy atom. The average Bonchev–Trinajstić information content (AvgIpc) is 3.35. The number of hydrogen-bond donors (Lipinski definition) is 3. The van der Waals surface area contributed by atoms with E-state index in [4.69, 9.17) is 9.57 Å². The molecule has 16 heteroatoms. The van der Waals surface area contributed by atoms with E-state index in [1.807, 2.05) is 5.48 Å². The van der Waals surface area contributed by atoms with Crippen LogP contribution < -0.4 is 15.7 Å².